The second-order valence-electron chi connectivity index (χ2n) is 3.69. The molecule has 0 fully saturated rings. The van der Waals surface area contributed by atoms with Crippen LogP contribution < -0.4 is 5.73 Å². The molecule has 0 saturated carbocycles. The summed E-state index contributed by atoms with van der Waals surface area (Å²) in [7, 11) is 0. The van der Waals surface area contributed by atoms with Gasteiger partial charge in [0.1, 0.15) is 0 Å². The van der Waals surface area contributed by atoms with Gasteiger partial charge in [-0.25, -0.2) is 4.98 Å². The first-order chi connectivity index (χ1) is 8.58. The Balaban J connectivity index is 2.53. The average Bonchev–Trinajstić information content (AvgIpc) is 2.34. The first-order valence-corrected chi connectivity index (χ1v) is 6.83. The fourth-order valence-electron chi connectivity index (χ4n) is 1.50. The number of pyridine rings is 1. The molecule has 1 aromatic rings. The second-order valence-corrected chi connectivity index (χ2v) is 4.80. The van der Waals surface area contributed by atoms with E-state index in [9.17, 15) is 10.1 Å². The first kappa shape index (κ1) is 14.7. The summed E-state index contributed by atoms with van der Waals surface area (Å²) < 4.78 is 0. The Labute approximate surface area is 111 Å². The van der Waals surface area contributed by atoms with Crippen molar-refractivity contribution in [2.75, 3.05) is 31.1 Å². The van der Waals surface area contributed by atoms with Crippen LogP contribution in [0.3, 0.4) is 0 Å². The molecule has 1 rings (SSSR count). The molecule has 100 valence electrons. The van der Waals surface area contributed by atoms with E-state index < -0.39 is 4.92 Å². The Morgan fingerprint density at radius 3 is 2.61 bits per heavy atom. The van der Waals surface area contributed by atoms with E-state index >= 15 is 0 Å². The molecule has 6 nitrogen and oxygen atoms in total. The van der Waals surface area contributed by atoms with Crippen LogP contribution in [0, 0.1) is 10.1 Å². The van der Waals surface area contributed by atoms with Crippen molar-refractivity contribution in [3.8, 4) is 0 Å². The second kappa shape index (κ2) is 7.17. The highest BCUT2D eigenvalue weighted by molar-refractivity contribution is 7.99. The van der Waals surface area contributed by atoms with Crippen LogP contribution in [0.15, 0.2) is 17.2 Å². The zero-order valence-corrected chi connectivity index (χ0v) is 11.4. The number of nitrogens with zero attached hydrogens (tertiary/aromatic N) is 3. The smallest absolute Gasteiger partial charge is 0.311 e. The molecular formula is C11H18N4O2S. The van der Waals surface area contributed by atoms with Gasteiger partial charge < -0.3 is 10.6 Å². The van der Waals surface area contributed by atoms with Gasteiger partial charge in [-0.05, 0) is 19.2 Å². The number of rotatable bonds is 7. The minimum atomic E-state index is -0.521. The van der Waals surface area contributed by atoms with Crippen LogP contribution >= 0.6 is 11.8 Å². The molecule has 0 bridgehead atoms. The van der Waals surface area contributed by atoms with Crippen molar-refractivity contribution in [1.29, 1.82) is 0 Å². The average molecular weight is 270 g/mol. The van der Waals surface area contributed by atoms with Crippen LogP contribution in [0.5, 0.6) is 0 Å². The molecule has 0 unspecified atom stereocenters. The van der Waals surface area contributed by atoms with E-state index in [1.807, 2.05) is 0 Å². The van der Waals surface area contributed by atoms with Gasteiger partial charge in [0.25, 0.3) is 0 Å². The van der Waals surface area contributed by atoms with Gasteiger partial charge in [-0.15, -0.1) is 11.8 Å². The fraction of sp³-hybridized carbons (Fsp3) is 0.545. The highest BCUT2D eigenvalue weighted by Gasteiger charge is 2.12. The Morgan fingerprint density at radius 2 is 2.11 bits per heavy atom. The summed E-state index contributed by atoms with van der Waals surface area (Å²) in [5, 5.41) is 11.3. The van der Waals surface area contributed by atoms with E-state index in [1.165, 1.54) is 6.07 Å². The zero-order valence-electron chi connectivity index (χ0n) is 10.6. The topological polar surface area (TPSA) is 85.3 Å². The number of aromatic nitrogens is 1. The van der Waals surface area contributed by atoms with Gasteiger partial charge in [-0.1, -0.05) is 13.8 Å². The van der Waals surface area contributed by atoms with Crippen molar-refractivity contribution < 1.29 is 4.92 Å². The molecule has 0 atom stereocenters. The van der Waals surface area contributed by atoms with Gasteiger partial charge in [0.05, 0.1) is 9.95 Å². The Hall–Kier alpha value is -1.34. The van der Waals surface area contributed by atoms with Gasteiger partial charge >= 0.3 is 5.69 Å². The maximum absolute atomic E-state index is 10.6. The van der Waals surface area contributed by atoms with Gasteiger partial charge in [0.15, 0.2) is 0 Å². The van der Waals surface area contributed by atoms with E-state index in [0.29, 0.717) is 0 Å². The van der Waals surface area contributed by atoms with Gasteiger partial charge in [-0.3, -0.25) is 10.1 Å². The van der Waals surface area contributed by atoms with Gasteiger partial charge in [0, 0.05) is 18.4 Å². The summed E-state index contributed by atoms with van der Waals surface area (Å²) in [6, 6.07) is 3.05. The Kier molecular flexibility index (Phi) is 5.87. The van der Waals surface area contributed by atoms with Crippen molar-refractivity contribution in [3.63, 3.8) is 0 Å². The molecule has 0 saturated heterocycles. The lowest BCUT2D eigenvalue weighted by Crippen LogP contribution is -2.25. The van der Waals surface area contributed by atoms with E-state index in [2.05, 4.69) is 23.7 Å². The lowest BCUT2D eigenvalue weighted by Gasteiger charge is -2.17. The number of hydrogen-bond acceptors (Lipinski definition) is 6. The monoisotopic (exact) mass is 270 g/mol. The van der Waals surface area contributed by atoms with Gasteiger partial charge in [0.2, 0.25) is 5.82 Å². The molecule has 0 aliphatic carbocycles. The van der Waals surface area contributed by atoms with Crippen LogP contribution in [0.1, 0.15) is 13.8 Å². The van der Waals surface area contributed by atoms with E-state index in [0.717, 1.165) is 30.4 Å². The van der Waals surface area contributed by atoms with Crippen molar-refractivity contribution in [2.24, 2.45) is 0 Å². The number of nitro groups is 1. The quantitative estimate of drug-likeness (QED) is 0.463. The highest BCUT2D eigenvalue weighted by Crippen LogP contribution is 2.23. The summed E-state index contributed by atoms with van der Waals surface area (Å²) in [5.41, 5.74) is 5.39. The molecule has 18 heavy (non-hydrogen) atoms. The zero-order chi connectivity index (χ0) is 13.5. The van der Waals surface area contributed by atoms with Crippen LogP contribution in [-0.2, 0) is 0 Å². The Morgan fingerprint density at radius 1 is 1.44 bits per heavy atom. The predicted molar refractivity (Wildman–Crippen MR) is 73.8 cm³/mol. The summed E-state index contributed by atoms with van der Waals surface area (Å²) in [6.45, 7) is 7.25. The van der Waals surface area contributed by atoms with Crippen LogP contribution in [0.2, 0.25) is 0 Å². The third-order valence-corrected chi connectivity index (χ3v) is 3.54. The molecule has 1 heterocycles. The SMILES string of the molecule is CCN(CC)CCSc1ccc([N+](=O)[O-])c(N)n1. The number of hydrogen-bond donors (Lipinski definition) is 1. The molecule has 0 radical (unpaired) electrons. The van der Waals surface area contributed by atoms with Crippen molar-refractivity contribution >= 4 is 23.3 Å². The summed E-state index contributed by atoms with van der Waals surface area (Å²) in [6.07, 6.45) is 0. The van der Waals surface area contributed by atoms with Crippen molar-refractivity contribution in [1.82, 2.24) is 9.88 Å². The molecular weight excluding hydrogens is 252 g/mol. The van der Waals surface area contributed by atoms with E-state index in [4.69, 9.17) is 5.73 Å². The lowest BCUT2D eigenvalue weighted by atomic mass is 10.4. The maximum Gasteiger partial charge on any atom is 0.311 e. The molecule has 2 N–H and O–H groups in total. The standard InChI is InChI=1S/C11H18N4O2S/c1-3-14(4-2)7-8-18-10-6-5-9(15(16)17)11(12)13-10/h5-6H,3-4,7-8H2,1-2H3,(H2,12,13). The fourth-order valence-corrected chi connectivity index (χ4v) is 2.39. The van der Waals surface area contributed by atoms with Crippen molar-refractivity contribution in [3.05, 3.63) is 22.2 Å². The molecule has 0 aliphatic heterocycles. The van der Waals surface area contributed by atoms with E-state index in [-0.39, 0.29) is 11.5 Å². The lowest BCUT2D eigenvalue weighted by molar-refractivity contribution is -0.384. The third kappa shape index (κ3) is 4.15. The molecule has 7 heteroatoms. The molecule has 0 aromatic carbocycles. The number of nitrogens with two attached hydrogens (primary N) is 1. The normalized spacial score (nSPS) is 10.8. The minimum absolute atomic E-state index is 0.0205. The van der Waals surface area contributed by atoms with E-state index in [1.54, 1.807) is 17.8 Å². The first-order valence-electron chi connectivity index (χ1n) is 5.84. The Bertz CT molecular complexity index is 410. The minimum Gasteiger partial charge on any atom is -0.378 e. The van der Waals surface area contributed by atoms with Crippen LogP contribution in [0.4, 0.5) is 11.5 Å². The number of anilines is 1. The van der Waals surface area contributed by atoms with Crippen LogP contribution in [-0.4, -0.2) is 40.2 Å². The highest BCUT2D eigenvalue weighted by atomic mass is 32.2. The number of nitrogen functional groups attached to an aromatic ring is 1. The van der Waals surface area contributed by atoms with Crippen molar-refractivity contribution in [2.45, 2.75) is 18.9 Å². The molecule has 0 spiro atoms. The summed E-state index contributed by atoms with van der Waals surface area (Å²) in [4.78, 5) is 16.4. The number of thioether (sulfide) groups is 1. The largest absolute Gasteiger partial charge is 0.378 e. The summed E-state index contributed by atoms with van der Waals surface area (Å²) in [5.74, 6) is 0.874. The predicted octanol–water partition coefficient (Wildman–Crippen LogP) is 2.01. The maximum atomic E-state index is 10.6. The molecule has 0 amide bonds. The third-order valence-electron chi connectivity index (χ3n) is 2.63. The van der Waals surface area contributed by atoms with Crippen LogP contribution in [0.25, 0.3) is 0 Å². The molecule has 0 aliphatic rings. The molecule has 1 aromatic heterocycles. The van der Waals surface area contributed by atoms with Gasteiger partial charge in [-0.2, -0.15) is 0 Å². The summed E-state index contributed by atoms with van der Waals surface area (Å²) >= 11 is 1.56.